The lowest BCUT2D eigenvalue weighted by Gasteiger charge is -2.33. The Morgan fingerprint density at radius 1 is 1.21 bits per heavy atom. The highest BCUT2D eigenvalue weighted by Crippen LogP contribution is 2.21. The first-order valence-electron chi connectivity index (χ1n) is 8.30. The molecule has 128 valence electrons. The van der Waals surface area contributed by atoms with Gasteiger partial charge in [0.15, 0.2) is 6.04 Å². The lowest BCUT2D eigenvalue weighted by Crippen LogP contribution is -3.19. The second-order valence-corrected chi connectivity index (χ2v) is 6.00. The highest BCUT2D eigenvalue weighted by Gasteiger charge is 2.46. The first-order valence-corrected chi connectivity index (χ1v) is 8.30. The molecule has 0 radical (unpaired) electrons. The van der Waals surface area contributed by atoms with Crippen molar-refractivity contribution in [3.63, 3.8) is 0 Å². The Morgan fingerprint density at radius 3 is 2.50 bits per heavy atom. The van der Waals surface area contributed by atoms with Crippen molar-refractivity contribution in [3.05, 3.63) is 30.3 Å². The summed E-state index contributed by atoms with van der Waals surface area (Å²) in [5.41, 5.74) is 0.625. The molecular weight excluding hydrogens is 310 g/mol. The summed E-state index contributed by atoms with van der Waals surface area (Å²) in [5, 5.41) is 0. The van der Waals surface area contributed by atoms with E-state index in [1.807, 2.05) is 18.2 Å². The number of piperazine rings is 1. The van der Waals surface area contributed by atoms with Crippen LogP contribution in [0.5, 0.6) is 0 Å². The number of anilines is 1. The van der Waals surface area contributed by atoms with E-state index >= 15 is 0 Å². The van der Waals surface area contributed by atoms with Crippen molar-refractivity contribution in [3.8, 4) is 0 Å². The summed E-state index contributed by atoms with van der Waals surface area (Å²) in [5.74, 6) is -0.303. The SMILES string of the molecule is CCOC(=O)N1CC[NH+](C2CC(=O)N(c3ccccc3)C2=O)CC1. The van der Waals surface area contributed by atoms with Crippen molar-refractivity contribution in [2.45, 2.75) is 19.4 Å². The van der Waals surface area contributed by atoms with E-state index in [0.717, 1.165) is 4.90 Å². The molecule has 2 aliphatic heterocycles. The summed E-state index contributed by atoms with van der Waals surface area (Å²) < 4.78 is 5.00. The van der Waals surface area contributed by atoms with Crippen LogP contribution in [-0.4, -0.2) is 61.6 Å². The van der Waals surface area contributed by atoms with Gasteiger partial charge in [0.05, 0.1) is 44.9 Å². The number of quaternary nitrogens is 1. The second-order valence-electron chi connectivity index (χ2n) is 6.00. The van der Waals surface area contributed by atoms with E-state index in [-0.39, 0.29) is 30.4 Å². The monoisotopic (exact) mass is 332 g/mol. The molecule has 0 aromatic heterocycles. The maximum Gasteiger partial charge on any atom is 0.410 e. The molecule has 1 atom stereocenters. The summed E-state index contributed by atoms with van der Waals surface area (Å²) >= 11 is 0. The van der Waals surface area contributed by atoms with Gasteiger partial charge in [-0.25, -0.2) is 9.69 Å². The summed E-state index contributed by atoms with van der Waals surface area (Å²) in [6, 6.07) is 8.66. The molecule has 2 heterocycles. The molecule has 24 heavy (non-hydrogen) atoms. The van der Waals surface area contributed by atoms with E-state index < -0.39 is 0 Å². The maximum atomic E-state index is 12.7. The number of hydrogen-bond acceptors (Lipinski definition) is 4. The number of carbonyl (C=O) groups is 3. The first kappa shape index (κ1) is 16.4. The molecule has 1 aromatic carbocycles. The minimum Gasteiger partial charge on any atom is -0.450 e. The third-order valence-corrected chi connectivity index (χ3v) is 4.59. The van der Waals surface area contributed by atoms with Crippen LogP contribution < -0.4 is 9.80 Å². The van der Waals surface area contributed by atoms with Crippen molar-refractivity contribution < 1.29 is 24.0 Å². The van der Waals surface area contributed by atoms with Crippen LogP contribution in [-0.2, 0) is 14.3 Å². The van der Waals surface area contributed by atoms with Gasteiger partial charge in [0, 0.05) is 0 Å². The maximum absolute atomic E-state index is 12.7. The molecule has 1 aromatic rings. The summed E-state index contributed by atoms with van der Waals surface area (Å²) in [7, 11) is 0. The molecule has 2 saturated heterocycles. The average Bonchev–Trinajstić information content (AvgIpc) is 2.90. The second kappa shape index (κ2) is 7.00. The average molecular weight is 332 g/mol. The van der Waals surface area contributed by atoms with Crippen LogP contribution in [0.2, 0.25) is 0 Å². The number of imide groups is 1. The van der Waals surface area contributed by atoms with Crippen LogP contribution in [0.1, 0.15) is 13.3 Å². The molecule has 1 N–H and O–H groups in total. The number of nitrogens with zero attached hydrogens (tertiary/aromatic N) is 2. The topological polar surface area (TPSA) is 71.4 Å². The van der Waals surface area contributed by atoms with Crippen molar-refractivity contribution in [2.24, 2.45) is 0 Å². The van der Waals surface area contributed by atoms with E-state index in [0.29, 0.717) is 38.5 Å². The fourth-order valence-electron chi connectivity index (χ4n) is 3.34. The zero-order valence-corrected chi connectivity index (χ0v) is 13.7. The Labute approximate surface area is 140 Å². The van der Waals surface area contributed by atoms with Gasteiger partial charge in [0.25, 0.3) is 5.91 Å². The molecule has 1 unspecified atom stereocenters. The molecule has 7 nitrogen and oxygen atoms in total. The van der Waals surface area contributed by atoms with Gasteiger partial charge in [0.2, 0.25) is 5.91 Å². The Balaban J connectivity index is 1.64. The molecule has 3 amide bonds. The quantitative estimate of drug-likeness (QED) is 0.770. The van der Waals surface area contributed by atoms with Crippen molar-refractivity contribution in [1.82, 2.24) is 4.90 Å². The Hall–Kier alpha value is -2.41. The van der Waals surface area contributed by atoms with Gasteiger partial charge < -0.3 is 9.64 Å². The van der Waals surface area contributed by atoms with E-state index in [1.165, 1.54) is 4.90 Å². The summed E-state index contributed by atoms with van der Waals surface area (Å²) in [4.78, 5) is 40.8. The van der Waals surface area contributed by atoms with E-state index in [2.05, 4.69) is 0 Å². The van der Waals surface area contributed by atoms with Crippen molar-refractivity contribution >= 4 is 23.6 Å². The van der Waals surface area contributed by atoms with Crippen molar-refractivity contribution in [2.75, 3.05) is 37.7 Å². The standard InChI is InChI=1S/C17H21N3O4/c1-2-24-17(23)19-10-8-18(9-11-19)14-12-15(21)20(16(14)22)13-6-4-3-5-7-13/h3-7,14H,2,8-12H2,1H3/p+1. The normalized spacial score (nSPS) is 22.1. The largest absolute Gasteiger partial charge is 0.450 e. The first-order chi connectivity index (χ1) is 11.6. The van der Waals surface area contributed by atoms with Crippen LogP contribution in [0.4, 0.5) is 10.5 Å². The molecule has 0 aliphatic carbocycles. The van der Waals surface area contributed by atoms with Gasteiger partial charge in [-0.2, -0.15) is 0 Å². The molecule has 2 fully saturated rings. The Bertz CT molecular complexity index is 626. The third-order valence-electron chi connectivity index (χ3n) is 4.59. The lowest BCUT2D eigenvalue weighted by molar-refractivity contribution is -0.918. The zero-order chi connectivity index (χ0) is 17.1. The molecular formula is C17H22N3O4+. The van der Waals surface area contributed by atoms with Crippen LogP contribution in [0.25, 0.3) is 0 Å². The number of benzene rings is 1. The molecule has 3 rings (SSSR count). The Morgan fingerprint density at radius 2 is 1.88 bits per heavy atom. The smallest absolute Gasteiger partial charge is 0.410 e. The molecule has 0 saturated carbocycles. The third kappa shape index (κ3) is 3.12. The molecule has 2 aliphatic rings. The lowest BCUT2D eigenvalue weighted by atomic mass is 10.2. The van der Waals surface area contributed by atoms with Crippen LogP contribution in [0.15, 0.2) is 30.3 Å². The van der Waals surface area contributed by atoms with Gasteiger partial charge in [-0.05, 0) is 19.1 Å². The van der Waals surface area contributed by atoms with Gasteiger partial charge in [0.1, 0.15) is 0 Å². The van der Waals surface area contributed by atoms with Gasteiger partial charge in [-0.15, -0.1) is 0 Å². The fourth-order valence-corrected chi connectivity index (χ4v) is 3.34. The molecule has 0 bridgehead atoms. The molecule has 0 spiro atoms. The number of nitrogens with one attached hydrogen (secondary N) is 1. The van der Waals surface area contributed by atoms with E-state index in [1.54, 1.807) is 24.0 Å². The van der Waals surface area contributed by atoms with E-state index in [4.69, 9.17) is 4.74 Å². The zero-order valence-electron chi connectivity index (χ0n) is 13.7. The predicted molar refractivity (Wildman–Crippen MR) is 86.6 cm³/mol. The van der Waals surface area contributed by atoms with Gasteiger partial charge >= 0.3 is 6.09 Å². The number of rotatable bonds is 3. The fraction of sp³-hybridized carbons (Fsp3) is 0.471. The highest BCUT2D eigenvalue weighted by molar-refractivity contribution is 6.21. The van der Waals surface area contributed by atoms with Gasteiger partial charge in [-0.1, -0.05) is 18.2 Å². The van der Waals surface area contributed by atoms with Gasteiger partial charge in [-0.3, -0.25) is 14.5 Å². The molecule has 7 heteroatoms. The predicted octanol–water partition coefficient (Wildman–Crippen LogP) is -0.324. The van der Waals surface area contributed by atoms with Crippen molar-refractivity contribution in [1.29, 1.82) is 0 Å². The van der Waals surface area contributed by atoms with E-state index in [9.17, 15) is 14.4 Å². The highest BCUT2D eigenvalue weighted by atomic mass is 16.6. The minimum absolute atomic E-state index is 0.147. The number of carbonyl (C=O) groups excluding carboxylic acids is 3. The summed E-state index contributed by atoms with van der Waals surface area (Å²) in [6.07, 6.45) is -0.0843. The minimum atomic E-state index is -0.359. The number of hydrogen-bond donors (Lipinski definition) is 1. The number of ether oxygens (including phenoxy) is 1. The number of para-hydroxylation sites is 1. The number of amides is 3. The van der Waals surface area contributed by atoms with Crippen LogP contribution in [0, 0.1) is 0 Å². The van der Waals surface area contributed by atoms with Crippen LogP contribution in [0.3, 0.4) is 0 Å². The Kier molecular flexibility index (Phi) is 4.80. The van der Waals surface area contributed by atoms with Crippen LogP contribution >= 0.6 is 0 Å². The summed E-state index contributed by atoms with van der Waals surface area (Å²) in [6.45, 7) is 4.50.